The molecule has 3 aliphatic heterocycles. The van der Waals surface area contributed by atoms with Crippen LogP contribution in [0.4, 0.5) is 4.79 Å². The number of allylic oxidation sites excluding steroid dienone is 6. The molecule has 2 bridgehead atoms. The van der Waals surface area contributed by atoms with Crippen LogP contribution in [0.2, 0.25) is 0 Å². The minimum atomic E-state index is -2.50. The van der Waals surface area contributed by atoms with Crippen molar-refractivity contribution in [2.24, 2.45) is 35.3 Å². The van der Waals surface area contributed by atoms with Gasteiger partial charge in [-0.25, -0.2) is 9.59 Å². The van der Waals surface area contributed by atoms with Crippen LogP contribution < -0.4 is 11.1 Å². The van der Waals surface area contributed by atoms with Crippen LogP contribution in [0.25, 0.3) is 0 Å². The Kier molecular flexibility index (Phi) is 31.3. The van der Waals surface area contributed by atoms with E-state index in [1.807, 2.05) is 44.2 Å². The summed E-state index contributed by atoms with van der Waals surface area (Å²) in [7, 11) is 3.06. The van der Waals surface area contributed by atoms with Gasteiger partial charge in [0, 0.05) is 63.9 Å². The average Bonchev–Trinajstić information content (AvgIpc) is 2.61. The van der Waals surface area contributed by atoms with Crippen LogP contribution >= 0.6 is 0 Å². The lowest BCUT2D eigenvalue weighted by Gasteiger charge is -2.42. The van der Waals surface area contributed by atoms with Gasteiger partial charge in [0.2, 0.25) is 5.79 Å². The minimum Gasteiger partial charge on any atom is -0.459 e. The van der Waals surface area contributed by atoms with E-state index >= 15 is 0 Å². The molecule has 1 saturated carbocycles. The van der Waals surface area contributed by atoms with E-state index in [9.17, 15) is 44.1 Å². The molecule has 22 heteroatoms. The standard InChI is InChI=1S/C60H97N3O19/c1-38-14-10-9-11-15-39(2)50(74-7)36-45-19-17-43(6)60(73,82-45)56(69)57(70)63-22-13-12-16-47(63)58(71)80-51(37-48(65)40(3)33-42(5)54(67)55(68)53(66)41(4)32-38)46(61)34-44-18-20-49(52(35-44)75-8)81-59(72)62-21-24-76-26-28-78-30-31-79-29-27-77-25-23-64/h9-11,14-15,33,38,40-41,43-47,49-52,54-55,64,67-68,73H,12-13,16-32,34-37,61H2,1-8H3,(H,62,72)/b11-9+,14-10+,39-15+,42-33+/t38-,40-,41-,43-,44+,45+,46-,47+,49-,50+,51+,52-,54-,55+,60-/m1/s1. The highest BCUT2D eigenvalue weighted by atomic mass is 16.6. The maximum atomic E-state index is 14.5. The third-order valence-electron chi connectivity index (χ3n) is 16.1. The molecule has 0 aromatic rings. The maximum Gasteiger partial charge on any atom is 0.407 e. The molecule has 22 nitrogen and oxygen atoms in total. The van der Waals surface area contributed by atoms with Crippen LogP contribution in [-0.4, -0.2) is 208 Å². The number of fused-ring (bicyclic) bond motifs is 3. The number of ketones is 3. The Labute approximate surface area is 484 Å². The number of rotatable bonds is 20. The number of nitrogens with one attached hydrogen (secondary N) is 1. The van der Waals surface area contributed by atoms with Crippen molar-refractivity contribution in [2.45, 2.75) is 179 Å². The summed E-state index contributed by atoms with van der Waals surface area (Å²) in [5.41, 5.74) is 7.98. The van der Waals surface area contributed by atoms with Gasteiger partial charge in [-0.3, -0.25) is 19.2 Å². The minimum absolute atomic E-state index is 0.00937. The number of nitrogens with two attached hydrogens (primary N) is 1. The smallest absolute Gasteiger partial charge is 0.407 e. The quantitative estimate of drug-likeness (QED) is 0.0434. The molecule has 0 aromatic carbocycles. The summed E-state index contributed by atoms with van der Waals surface area (Å²) in [5, 5.41) is 45.8. The van der Waals surface area contributed by atoms with E-state index in [1.165, 1.54) is 20.1 Å². The zero-order valence-corrected chi connectivity index (χ0v) is 49.7. The molecular weight excluding hydrogens is 1070 g/mol. The molecule has 0 radical (unpaired) electrons. The van der Waals surface area contributed by atoms with E-state index in [4.69, 9.17) is 53.5 Å². The van der Waals surface area contributed by atoms with Crippen LogP contribution in [0, 0.1) is 29.6 Å². The lowest BCUT2D eigenvalue weighted by molar-refractivity contribution is -0.265. The van der Waals surface area contributed by atoms with Gasteiger partial charge in [-0.05, 0) is 101 Å². The number of alkyl carbamates (subject to hydrolysis) is 1. The number of ether oxygens (including phenoxy) is 9. The van der Waals surface area contributed by atoms with Crippen LogP contribution in [0.15, 0.2) is 47.6 Å². The Balaban J connectivity index is 1.50. The van der Waals surface area contributed by atoms with Crippen molar-refractivity contribution in [1.29, 1.82) is 0 Å². The van der Waals surface area contributed by atoms with Gasteiger partial charge < -0.3 is 79.0 Å². The van der Waals surface area contributed by atoms with Gasteiger partial charge in [0.1, 0.15) is 36.2 Å². The number of amides is 2. The zero-order chi connectivity index (χ0) is 60.4. The molecule has 3 heterocycles. The SMILES string of the molecule is CO[C@H]1C[C@@H]2CC[C@@H](C)[C@@](O)(O2)C(=O)C(=O)N2CCCC[C@H]2C(=O)O[C@H]([C@H](N)C[C@@H]2CC[C@@H](OC(=O)NCCOCCOCCOCCOCCO)[C@H](OC)C2)CC(=O)[C@H](C)/C=C(\C)[C@@H](O)[C@@H](O)C(=O)[C@H](C)C[C@H](C)/C=C/C=C/C=C/1C. The maximum absolute atomic E-state index is 14.5. The number of nitrogens with zero attached hydrogens (tertiary/aromatic N) is 1. The van der Waals surface area contributed by atoms with Crippen molar-refractivity contribution in [3.05, 3.63) is 47.6 Å². The fraction of sp³-hybridized carbons (Fsp3) is 0.767. The summed E-state index contributed by atoms with van der Waals surface area (Å²) in [5.74, 6) is -9.17. The summed E-state index contributed by atoms with van der Waals surface area (Å²) >= 11 is 0. The lowest BCUT2D eigenvalue weighted by atomic mass is 9.80. The van der Waals surface area contributed by atoms with Gasteiger partial charge in [-0.1, -0.05) is 64.2 Å². The van der Waals surface area contributed by atoms with E-state index in [0.29, 0.717) is 91.0 Å². The van der Waals surface area contributed by atoms with E-state index in [2.05, 4.69) is 5.32 Å². The first-order valence-electron chi connectivity index (χ1n) is 29.4. The Hall–Kier alpha value is -4.30. The number of Topliss-reactive ketones (excluding diaryl/α,β-unsaturated/α-hetero) is 3. The Morgan fingerprint density at radius 1 is 0.793 bits per heavy atom. The monoisotopic (exact) mass is 1160 g/mol. The molecule has 0 unspecified atom stereocenters. The Bertz CT molecular complexity index is 2140. The number of aliphatic hydroxyl groups is 4. The summed E-state index contributed by atoms with van der Waals surface area (Å²) in [6.45, 7) is 13.1. The molecular formula is C60H97N3O19. The highest BCUT2D eigenvalue weighted by Crippen LogP contribution is 2.37. The van der Waals surface area contributed by atoms with E-state index in [0.717, 1.165) is 10.5 Å². The molecule has 4 rings (SSSR count). The van der Waals surface area contributed by atoms with E-state index in [-0.39, 0.29) is 69.6 Å². The van der Waals surface area contributed by atoms with Crippen LogP contribution in [-0.2, 0) is 66.6 Å². The predicted octanol–water partition coefficient (Wildman–Crippen LogP) is 4.01. The molecule has 2 saturated heterocycles. The molecule has 3 fully saturated rings. The number of esters is 1. The molecule has 82 heavy (non-hydrogen) atoms. The summed E-state index contributed by atoms with van der Waals surface area (Å²) in [6, 6.07) is -2.21. The van der Waals surface area contributed by atoms with Crippen molar-refractivity contribution in [3.63, 3.8) is 0 Å². The molecule has 466 valence electrons. The topological polar surface area (TPSA) is 308 Å². The van der Waals surface area contributed by atoms with Crippen LogP contribution in [0.5, 0.6) is 0 Å². The average molecular weight is 1160 g/mol. The molecule has 4 aliphatic rings. The number of hydrogen-bond acceptors (Lipinski definition) is 20. The zero-order valence-electron chi connectivity index (χ0n) is 49.7. The number of cyclic esters (lactones) is 1. The predicted molar refractivity (Wildman–Crippen MR) is 302 cm³/mol. The van der Waals surface area contributed by atoms with Gasteiger partial charge in [0.25, 0.3) is 11.7 Å². The number of carbonyl (C=O) groups is 6. The first-order chi connectivity index (χ1) is 39.1. The summed E-state index contributed by atoms with van der Waals surface area (Å²) in [4.78, 5) is 84.9. The summed E-state index contributed by atoms with van der Waals surface area (Å²) in [6.07, 6.45) is 7.07. The Morgan fingerprint density at radius 3 is 2.12 bits per heavy atom. The first kappa shape index (κ1) is 70.2. The normalized spacial score (nSPS) is 34.4. The molecule has 2 amide bonds. The highest BCUT2D eigenvalue weighted by molar-refractivity contribution is 6.39. The molecule has 0 aromatic heterocycles. The second-order valence-corrected chi connectivity index (χ2v) is 22.5. The fourth-order valence-electron chi connectivity index (χ4n) is 11.0. The summed E-state index contributed by atoms with van der Waals surface area (Å²) < 4.78 is 51.3. The molecule has 0 spiro atoms. The van der Waals surface area contributed by atoms with Gasteiger partial charge in [-0.2, -0.15) is 0 Å². The van der Waals surface area contributed by atoms with Gasteiger partial charge >= 0.3 is 12.1 Å². The second-order valence-electron chi connectivity index (χ2n) is 22.5. The molecule has 7 N–H and O–H groups in total. The largest absolute Gasteiger partial charge is 0.459 e. The van der Waals surface area contributed by atoms with Crippen LogP contribution in [0.1, 0.15) is 119 Å². The van der Waals surface area contributed by atoms with E-state index < -0.39 is 120 Å². The van der Waals surface area contributed by atoms with Crippen LogP contribution in [0.3, 0.4) is 0 Å². The van der Waals surface area contributed by atoms with Crippen molar-refractivity contribution >= 4 is 35.3 Å². The third-order valence-corrected chi connectivity index (χ3v) is 16.1. The van der Waals surface area contributed by atoms with Gasteiger partial charge in [0.05, 0.1) is 77.8 Å². The molecule has 15 atom stereocenters. The first-order valence-corrected chi connectivity index (χ1v) is 29.4. The fourth-order valence-corrected chi connectivity index (χ4v) is 11.0. The second kappa shape index (κ2) is 36.5. The van der Waals surface area contributed by atoms with Gasteiger partial charge in [-0.15, -0.1) is 0 Å². The third kappa shape index (κ3) is 22.3. The van der Waals surface area contributed by atoms with Crippen molar-refractivity contribution in [3.8, 4) is 0 Å². The Morgan fingerprint density at radius 2 is 1.46 bits per heavy atom. The number of aliphatic hydroxyl groups excluding tert-OH is 3. The van der Waals surface area contributed by atoms with E-state index in [1.54, 1.807) is 27.9 Å². The highest BCUT2D eigenvalue weighted by Gasteiger charge is 2.53. The van der Waals surface area contributed by atoms with Crippen molar-refractivity contribution < 1.29 is 91.8 Å². The molecule has 1 aliphatic carbocycles. The van der Waals surface area contributed by atoms with Crippen molar-refractivity contribution in [1.82, 2.24) is 10.2 Å². The van der Waals surface area contributed by atoms with Gasteiger partial charge in [0.15, 0.2) is 5.78 Å². The number of piperidine rings is 1. The number of methoxy groups -OCH3 is 2. The number of carbonyl (C=O) groups excluding carboxylic acids is 6. The number of hydrogen-bond donors (Lipinski definition) is 6. The van der Waals surface area contributed by atoms with Crippen molar-refractivity contribution in [2.75, 3.05) is 86.8 Å². The lowest BCUT2D eigenvalue weighted by Crippen LogP contribution is -2.61.